The Kier molecular flexibility index (Phi) is 4.56. The number of carbonyl (C=O) groups excluding carboxylic acids is 1. The molecular weight excluding hydrogens is 304 g/mol. The van der Waals surface area contributed by atoms with Crippen LogP contribution in [0.25, 0.3) is 0 Å². The summed E-state index contributed by atoms with van der Waals surface area (Å²) >= 11 is 0. The second kappa shape index (κ2) is 6.95. The topological polar surface area (TPSA) is 71.3 Å². The van der Waals surface area contributed by atoms with Crippen LogP contribution in [0.1, 0.15) is 21.8 Å². The van der Waals surface area contributed by atoms with E-state index in [-0.39, 0.29) is 11.9 Å². The van der Waals surface area contributed by atoms with Crippen molar-refractivity contribution in [1.82, 2.24) is 10.2 Å². The van der Waals surface area contributed by atoms with Gasteiger partial charge in [-0.15, -0.1) is 5.10 Å². The fourth-order valence-electron chi connectivity index (χ4n) is 2.23. The minimum atomic E-state index is -0.282. The molecule has 2 aromatic carbocycles. The fourth-order valence-corrected chi connectivity index (χ4v) is 2.23. The predicted octanol–water partition coefficient (Wildman–Crippen LogP) is 2.98. The van der Waals surface area contributed by atoms with Gasteiger partial charge in [0, 0.05) is 25.3 Å². The summed E-state index contributed by atoms with van der Waals surface area (Å²) in [4.78, 5) is 14.2. The van der Waals surface area contributed by atoms with Crippen molar-refractivity contribution in [3.8, 4) is 0 Å². The first-order valence-electron chi connectivity index (χ1n) is 7.57. The van der Waals surface area contributed by atoms with E-state index in [4.69, 9.17) is 4.42 Å². The lowest BCUT2D eigenvalue weighted by Gasteiger charge is -2.12. The molecule has 0 bridgehead atoms. The summed E-state index contributed by atoms with van der Waals surface area (Å²) in [5, 5.41) is 10.4. The van der Waals surface area contributed by atoms with Gasteiger partial charge in [-0.25, -0.2) is 0 Å². The first kappa shape index (κ1) is 15.7. The maximum Gasteiger partial charge on any atom is 0.322 e. The van der Waals surface area contributed by atoms with E-state index >= 15 is 0 Å². The summed E-state index contributed by atoms with van der Waals surface area (Å²) in [5.41, 5.74) is 2.62. The molecule has 0 aliphatic rings. The van der Waals surface area contributed by atoms with Gasteiger partial charge in [0.2, 0.25) is 5.89 Å². The fraction of sp³-hybridized carbons (Fsp3) is 0.167. The van der Waals surface area contributed by atoms with E-state index in [1.165, 1.54) is 0 Å². The second-order valence-electron chi connectivity index (χ2n) is 5.56. The first-order chi connectivity index (χ1) is 11.6. The van der Waals surface area contributed by atoms with Gasteiger partial charge in [0.25, 0.3) is 5.91 Å². The van der Waals surface area contributed by atoms with Crippen molar-refractivity contribution in [2.24, 2.45) is 0 Å². The molecule has 0 saturated carbocycles. The average Bonchev–Trinajstić information content (AvgIpc) is 3.02. The number of hydrogen-bond donors (Lipinski definition) is 1. The number of amides is 1. The van der Waals surface area contributed by atoms with E-state index in [2.05, 4.69) is 15.5 Å². The van der Waals surface area contributed by atoms with Crippen LogP contribution in [0.15, 0.2) is 59.0 Å². The molecule has 3 rings (SSSR count). The highest BCUT2D eigenvalue weighted by Gasteiger charge is 2.12. The lowest BCUT2D eigenvalue weighted by atomic mass is 10.2. The highest BCUT2D eigenvalue weighted by Crippen LogP contribution is 2.15. The van der Waals surface area contributed by atoms with Gasteiger partial charge in [-0.3, -0.25) is 10.1 Å². The molecule has 1 aromatic heterocycles. The summed E-state index contributed by atoms with van der Waals surface area (Å²) < 4.78 is 5.48. The van der Waals surface area contributed by atoms with E-state index in [0.29, 0.717) is 17.9 Å². The molecule has 122 valence electrons. The number of benzene rings is 2. The van der Waals surface area contributed by atoms with E-state index < -0.39 is 0 Å². The number of carbonyl (C=O) groups is 1. The van der Waals surface area contributed by atoms with Gasteiger partial charge in [-0.05, 0) is 29.8 Å². The number of nitrogens with zero attached hydrogens (tertiary/aromatic N) is 3. The van der Waals surface area contributed by atoms with Gasteiger partial charge in [-0.2, -0.15) is 0 Å². The van der Waals surface area contributed by atoms with Crippen molar-refractivity contribution < 1.29 is 9.21 Å². The molecule has 3 aromatic rings. The number of nitrogens with one attached hydrogen (secondary N) is 1. The van der Waals surface area contributed by atoms with E-state index in [9.17, 15) is 4.79 Å². The summed E-state index contributed by atoms with van der Waals surface area (Å²) in [6.45, 7) is 0. The maximum absolute atomic E-state index is 12.2. The summed E-state index contributed by atoms with van der Waals surface area (Å²) in [6.07, 6.45) is 0.529. The summed E-state index contributed by atoms with van der Waals surface area (Å²) in [5.74, 6) is 0.176. The summed E-state index contributed by atoms with van der Waals surface area (Å²) in [6, 6.07) is 17.2. The Morgan fingerprint density at radius 1 is 1.04 bits per heavy atom. The third kappa shape index (κ3) is 3.78. The van der Waals surface area contributed by atoms with Crippen LogP contribution in [0.3, 0.4) is 0 Å². The van der Waals surface area contributed by atoms with Crippen molar-refractivity contribution in [1.29, 1.82) is 0 Å². The van der Waals surface area contributed by atoms with Crippen LogP contribution in [-0.4, -0.2) is 30.2 Å². The summed E-state index contributed by atoms with van der Waals surface area (Å²) in [7, 11) is 3.89. The Hall–Kier alpha value is -3.15. The van der Waals surface area contributed by atoms with E-state index in [1.54, 1.807) is 12.1 Å². The number of hydrogen-bond acceptors (Lipinski definition) is 5. The smallest absolute Gasteiger partial charge is 0.322 e. The van der Waals surface area contributed by atoms with Gasteiger partial charge in [0.1, 0.15) is 0 Å². The first-order valence-corrected chi connectivity index (χ1v) is 7.57. The van der Waals surface area contributed by atoms with Crippen LogP contribution in [0, 0.1) is 0 Å². The van der Waals surface area contributed by atoms with Crippen LogP contribution >= 0.6 is 0 Å². The van der Waals surface area contributed by atoms with Crippen LogP contribution in [-0.2, 0) is 6.42 Å². The molecule has 1 amide bonds. The Morgan fingerprint density at radius 2 is 1.75 bits per heavy atom. The van der Waals surface area contributed by atoms with Crippen molar-refractivity contribution in [2.45, 2.75) is 6.42 Å². The minimum absolute atomic E-state index is 0.0996. The number of anilines is 2. The van der Waals surface area contributed by atoms with E-state index in [1.807, 2.05) is 61.5 Å². The van der Waals surface area contributed by atoms with Gasteiger partial charge < -0.3 is 9.32 Å². The molecule has 6 nitrogen and oxygen atoms in total. The molecule has 0 unspecified atom stereocenters. The van der Waals surface area contributed by atoms with E-state index in [0.717, 1.165) is 11.3 Å². The third-order valence-corrected chi connectivity index (χ3v) is 3.53. The molecule has 0 atom stereocenters. The van der Waals surface area contributed by atoms with Crippen molar-refractivity contribution >= 4 is 17.6 Å². The van der Waals surface area contributed by atoms with Gasteiger partial charge in [-0.1, -0.05) is 35.4 Å². The third-order valence-electron chi connectivity index (χ3n) is 3.53. The molecule has 0 aliphatic heterocycles. The number of aromatic nitrogens is 2. The van der Waals surface area contributed by atoms with Gasteiger partial charge >= 0.3 is 6.01 Å². The van der Waals surface area contributed by atoms with Crippen LogP contribution in [0.4, 0.5) is 11.7 Å². The molecule has 0 fully saturated rings. The standard InChI is InChI=1S/C18H18N4O2/c1-22(2)15-10-8-14(9-11-15)17(23)19-18-21-20-16(24-18)12-13-6-4-3-5-7-13/h3-11H,12H2,1-2H3,(H,19,21,23). The lowest BCUT2D eigenvalue weighted by Crippen LogP contribution is -2.13. The molecule has 24 heavy (non-hydrogen) atoms. The maximum atomic E-state index is 12.2. The molecule has 0 radical (unpaired) electrons. The largest absolute Gasteiger partial charge is 0.407 e. The Labute approximate surface area is 140 Å². The van der Waals surface area contributed by atoms with Gasteiger partial charge in [0.15, 0.2) is 0 Å². The zero-order valence-corrected chi connectivity index (χ0v) is 13.6. The molecule has 1 heterocycles. The Balaban J connectivity index is 1.64. The van der Waals surface area contributed by atoms with Crippen LogP contribution in [0.5, 0.6) is 0 Å². The van der Waals surface area contributed by atoms with Crippen molar-refractivity contribution in [3.63, 3.8) is 0 Å². The molecule has 0 aliphatic carbocycles. The van der Waals surface area contributed by atoms with Crippen LogP contribution in [0.2, 0.25) is 0 Å². The lowest BCUT2D eigenvalue weighted by molar-refractivity contribution is 0.102. The molecule has 0 saturated heterocycles. The zero-order chi connectivity index (χ0) is 16.9. The Morgan fingerprint density at radius 3 is 2.42 bits per heavy atom. The van der Waals surface area contributed by atoms with Crippen LogP contribution < -0.4 is 10.2 Å². The van der Waals surface area contributed by atoms with Gasteiger partial charge in [0.05, 0.1) is 6.42 Å². The van der Waals surface area contributed by atoms with Crippen molar-refractivity contribution in [3.05, 3.63) is 71.6 Å². The monoisotopic (exact) mass is 322 g/mol. The normalized spacial score (nSPS) is 10.4. The molecule has 1 N–H and O–H groups in total. The predicted molar refractivity (Wildman–Crippen MR) is 92.3 cm³/mol. The second-order valence-corrected chi connectivity index (χ2v) is 5.56. The SMILES string of the molecule is CN(C)c1ccc(C(=O)Nc2nnc(Cc3ccccc3)o2)cc1. The average molecular weight is 322 g/mol. The zero-order valence-electron chi connectivity index (χ0n) is 13.6. The quantitative estimate of drug-likeness (QED) is 0.782. The molecule has 0 spiro atoms. The van der Waals surface area contributed by atoms with Crippen molar-refractivity contribution in [2.75, 3.05) is 24.3 Å². The Bertz CT molecular complexity index is 811. The highest BCUT2D eigenvalue weighted by molar-refractivity contribution is 6.03. The molecule has 6 heteroatoms. The minimum Gasteiger partial charge on any atom is -0.407 e. The highest BCUT2D eigenvalue weighted by atomic mass is 16.4. The number of rotatable bonds is 5. The molecular formula is C18H18N4O2.